The Hall–Kier alpha value is -3.11. The molecule has 10 heteroatoms. The number of amides is 1. The standard InChI is InChI=1S/C22H22N4O4S2/c1-11(2)9-30-22(29)19-12(3)18-20(32-19)23-10-26(21(18)28)8-17(27)25-14-5-6-15-16(7-14)31-13(4)24-15/h5-7,10-11H,8-9H2,1-4H3,(H,25,27). The van der Waals surface area contributed by atoms with Gasteiger partial charge in [-0.25, -0.2) is 14.8 Å². The van der Waals surface area contributed by atoms with Gasteiger partial charge in [-0.15, -0.1) is 22.7 Å². The normalized spacial score (nSPS) is 11.4. The number of hydrogen-bond acceptors (Lipinski definition) is 8. The molecule has 0 fully saturated rings. The number of fused-ring (bicyclic) bond motifs is 2. The molecule has 166 valence electrons. The summed E-state index contributed by atoms with van der Waals surface area (Å²) in [5, 5.41) is 4.10. The Morgan fingerprint density at radius 2 is 2.00 bits per heavy atom. The number of carbonyl (C=O) groups excluding carboxylic acids is 2. The zero-order chi connectivity index (χ0) is 23.0. The molecule has 32 heavy (non-hydrogen) atoms. The van der Waals surface area contributed by atoms with Crippen LogP contribution in [0, 0.1) is 19.8 Å². The molecule has 0 spiro atoms. The van der Waals surface area contributed by atoms with Gasteiger partial charge in [-0.1, -0.05) is 13.8 Å². The first-order valence-corrected chi connectivity index (χ1v) is 11.7. The Bertz CT molecular complexity index is 1400. The van der Waals surface area contributed by atoms with Crippen LogP contribution in [0.1, 0.15) is 34.1 Å². The molecular formula is C22H22N4O4S2. The minimum absolute atomic E-state index is 0.191. The first kappa shape index (κ1) is 22.1. The molecule has 0 unspecified atom stereocenters. The topological polar surface area (TPSA) is 103 Å². The lowest BCUT2D eigenvalue weighted by molar-refractivity contribution is -0.116. The van der Waals surface area contributed by atoms with Gasteiger partial charge in [0.2, 0.25) is 5.91 Å². The van der Waals surface area contributed by atoms with E-state index in [0.29, 0.717) is 33.0 Å². The van der Waals surface area contributed by atoms with Gasteiger partial charge in [0, 0.05) is 5.69 Å². The smallest absolute Gasteiger partial charge is 0.348 e. The minimum Gasteiger partial charge on any atom is -0.461 e. The average molecular weight is 471 g/mol. The maximum Gasteiger partial charge on any atom is 0.348 e. The van der Waals surface area contributed by atoms with E-state index in [0.717, 1.165) is 26.6 Å². The third kappa shape index (κ3) is 4.42. The van der Waals surface area contributed by atoms with Crippen molar-refractivity contribution in [1.82, 2.24) is 14.5 Å². The lowest BCUT2D eigenvalue weighted by atomic mass is 10.2. The fourth-order valence-electron chi connectivity index (χ4n) is 3.25. The van der Waals surface area contributed by atoms with Gasteiger partial charge in [0.25, 0.3) is 5.56 Å². The van der Waals surface area contributed by atoms with E-state index in [1.165, 1.54) is 10.9 Å². The quantitative estimate of drug-likeness (QED) is 0.425. The van der Waals surface area contributed by atoms with Crippen molar-refractivity contribution in [3.8, 4) is 0 Å². The number of aryl methyl sites for hydroxylation is 2. The van der Waals surface area contributed by atoms with E-state index in [9.17, 15) is 14.4 Å². The highest BCUT2D eigenvalue weighted by molar-refractivity contribution is 7.20. The van der Waals surface area contributed by atoms with Gasteiger partial charge < -0.3 is 10.1 Å². The van der Waals surface area contributed by atoms with Gasteiger partial charge in [0.1, 0.15) is 16.3 Å². The third-order valence-electron chi connectivity index (χ3n) is 4.74. The van der Waals surface area contributed by atoms with Crippen LogP contribution in [0.2, 0.25) is 0 Å². The molecule has 0 saturated carbocycles. The van der Waals surface area contributed by atoms with E-state index in [-0.39, 0.29) is 23.9 Å². The third-order valence-corrected chi connectivity index (χ3v) is 6.86. The predicted molar refractivity (Wildman–Crippen MR) is 127 cm³/mol. The Balaban J connectivity index is 1.55. The molecule has 0 bridgehead atoms. The molecule has 4 aromatic rings. The van der Waals surface area contributed by atoms with E-state index < -0.39 is 5.97 Å². The van der Waals surface area contributed by atoms with Crippen molar-refractivity contribution in [2.75, 3.05) is 11.9 Å². The number of anilines is 1. The molecule has 0 saturated heterocycles. The predicted octanol–water partition coefficient (Wildman–Crippen LogP) is 4.14. The maximum atomic E-state index is 13.0. The second-order valence-electron chi connectivity index (χ2n) is 7.87. The molecule has 0 aliphatic carbocycles. The first-order chi connectivity index (χ1) is 15.2. The molecular weight excluding hydrogens is 448 g/mol. The summed E-state index contributed by atoms with van der Waals surface area (Å²) in [5.74, 6) is -0.599. The van der Waals surface area contributed by atoms with E-state index in [2.05, 4.69) is 15.3 Å². The summed E-state index contributed by atoms with van der Waals surface area (Å²) < 4.78 is 7.52. The number of hydrogen-bond donors (Lipinski definition) is 1. The second kappa shape index (κ2) is 8.79. The average Bonchev–Trinajstić information content (AvgIpc) is 3.27. The number of benzene rings is 1. The van der Waals surface area contributed by atoms with Gasteiger partial charge >= 0.3 is 5.97 Å². The van der Waals surface area contributed by atoms with Crippen LogP contribution < -0.4 is 10.9 Å². The summed E-state index contributed by atoms with van der Waals surface area (Å²) in [6, 6.07) is 5.49. The number of thiophene rings is 1. The summed E-state index contributed by atoms with van der Waals surface area (Å²) in [5.41, 5.74) is 1.68. The molecule has 0 aliphatic heterocycles. The van der Waals surface area contributed by atoms with Gasteiger partial charge in [-0.3, -0.25) is 14.2 Å². The Labute approximate surface area is 191 Å². The van der Waals surface area contributed by atoms with Crippen molar-refractivity contribution in [2.45, 2.75) is 34.2 Å². The fraction of sp³-hybridized carbons (Fsp3) is 0.318. The summed E-state index contributed by atoms with van der Waals surface area (Å²) in [7, 11) is 0. The molecule has 0 radical (unpaired) electrons. The molecule has 0 aliphatic rings. The van der Waals surface area contributed by atoms with Crippen LogP contribution in [-0.2, 0) is 16.1 Å². The Morgan fingerprint density at radius 1 is 1.22 bits per heavy atom. The van der Waals surface area contributed by atoms with E-state index in [1.807, 2.05) is 32.9 Å². The zero-order valence-electron chi connectivity index (χ0n) is 18.1. The van der Waals surface area contributed by atoms with Crippen LogP contribution in [0.15, 0.2) is 29.3 Å². The van der Waals surface area contributed by atoms with Crippen molar-refractivity contribution in [2.24, 2.45) is 5.92 Å². The van der Waals surface area contributed by atoms with Crippen molar-refractivity contribution in [1.29, 1.82) is 0 Å². The number of carbonyl (C=O) groups is 2. The van der Waals surface area contributed by atoms with Gasteiger partial charge in [-0.05, 0) is 43.5 Å². The van der Waals surface area contributed by atoms with Crippen LogP contribution in [0.25, 0.3) is 20.4 Å². The summed E-state index contributed by atoms with van der Waals surface area (Å²) in [6.45, 7) is 7.64. The summed E-state index contributed by atoms with van der Waals surface area (Å²) >= 11 is 2.67. The molecule has 1 amide bonds. The molecule has 3 heterocycles. The van der Waals surface area contributed by atoms with Crippen LogP contribution >= 0.6 is 22.7 Å². The highest BCUT2D eigenvalue weighted by Gasteiger charge is 2.21. The van der Waals surface area contributed by atoms with E-state index in [1.54, 1.807) is 24.3 Å². The Morgan fingerprint density at radius 3 is 2.75 bits per heavy atom. The van der Waals surface area contributed by atoms with Gasteiger partial charge in [0.15, 0.2) is 0 Å². The van der Waals surface area contributed by atoms with Crippen molar-refractivity contribution < 1.29 is 14.3 Å². The van der Waals surface area contributed by atoms with E-state index >= 15 is 0 Å². The fourth-order valence-corrected chi connectivity index (χ4v) is 5.15. The SMILES string of the molecule is Cc1nc2ccc(NC(=O)Cn3cnc4sc(C(=O)OCC(C)C)c(C)c4c3=O)cc2s1. The lowest BCUT2D eigenvalue weighted by Gasteiger charge is -2.07. The summed E-state index contributed by atoms with van der Waals surface area (Å²) in [6.07, 6.45) is 1.33. The van der Waals surface area contributed by atoms with Crippen LogP contribution in [0.4, 0.5) is 5.69 Å². The minimum atomic E-state index is -0.461. The van der Waals surface area contributed by atoms with Crippen molar-refractivity contribution in [3.05, 3.63) is 50.3 Å². The number of thiazole rings is 1. The highest BCUT2D eigenvalue weighted by atomic mass is 32.1. The maximum absolute atomic E-state index is 13.0. The van der Waals surface area contributed by atoms with Crippen molar-refractivity contribution in [3.63, 3.8) is 0 Å². The summed E-state index contributed by atoms with van der Waals surface area (Å²) in [4.78, 5) is 47.5. The molecule has 3 aromatic heterocycles. The van der Waals surface area contributed by atoms with Crippen molar-refractivity contribution >= 4 is 60.7 Å². The monoisotopic (exact) mass is 470 g/mol. The van der Waals surface area contributed by atoms with Gasteiger partial charge in [-0.2, -0.15) is 0 Å². The molecule has 1 N–H and O–H groups in total. The van der Waals surface area contributed by atoms with Crippen LogP contribution in [-0.4, -0.2) is 33.0 Å². The largest absolute Gasteiger partial charge is 0.461 e. The molecule has 0 atom stereocenters. The highest BCUT2D eigenvalue weighted by Crippen LogP contribution is 2.28. The molecule has 8 nitrogen and oxygen atoms in total. The van der Waals surface area contributed by atoms with Crippen LogP contribution in [0.5, 0.6) is 0 Å². The number of esters is 1. The second-order valence-corrected chi connectivity index (χ2v) is 10.1. The lowest BCUT2D eigenvalue weighted by Crippen LogP contribution is -2.27. The molecule has 1 aromatic carbocycles. The number of ether oxygens (including phenoxy) is 1. The Kier molecular flexibility index (Phi) is 6.07. The zero-order valence-corrected chi connectivity index (χ0v) is 19.7. The number of aromatic nitrogens is 3. The van der Waals surface area contributed by atoms with Gasteiger partial charge in [0.05, 0.1) is 33.5 Å². The number of nitrogens with zero attached hydrogens (tertiary/aromatic N) is 3. The van der Waals surface area contributed by atoms with E-state index in [4.69, 9.17) is 4.74 Å². The number of rotatable bonds is 6. The van der Waals surface area contributed by atoms with Crippen LogP contribution in [0.3, 0.4) is 0 Å². The molecule has 4 rings (SSSR count). The number of nitrogens with one attached hydrogen (secondary N) is 1. The first-order valence-electron chi connectivity index (χ1n) is 10.1.